The summed E-state index contributed by atoms with van der Waals surface area (Å²) in [6.07, 6.45) is -3.66. The summed E-state index contributed by atoms with van der Waals surface area (Å²) in [6.45, 7) is 7.90. The van der Waals surface area contributed by atoms with Crippen molar-refractivity contribution in [2.75, 3.05) is 0 Å². The van der Waals surface area contributed by atoms with Gasteiger partial charge in [0.25, 0.3) is 0 Å². The van der Waals surface area contributed by atoms with Crippen molar-refractivity contribution in [3.63, 3.8) is 0 Å². The Morgan fingerprint density at radius 2 is 1.57 bits per heavy atom. The topological polar surface area (TPSA) is 48.9 Å². The van der Waals surface area contributed by atoms with Gasteiger partial charge < -0.3 is 10.1 Å². The van der Waals surface area contributed by atoms with Gasteiger partial charge in [0.15, 0.2) is 0 Å². The van der Waals surface area contributed by atoms with Crippen molar-refractivity contribution in [2.45, 2.75) is 40.5 Å². The molecule has 0 aliphatic carbocycles. The van der Waals surface area contributed by atoms with Crippen LogP contribution in [0.3, 0.4) is 0 Å². The molecule has 0 atom stereocenters. The minimum atomic E-state index is -4.42. The molecule has 1 aromatic heterocycles. The molecule has 0 bridgehead atoms. The first-order valence-corrected chi connectivity index (χ1v) is 6.83. The van der Waals surface area contributed by atoms with Crippen LogP contribution in [0.4, 0.5) is 13.2 Å². The molecule has 0 spiro atoms. The second-order valence-corrected chi connectivity index (χ2v) is 3.50. The number of nitrogens with zero attached hydrogens (tertiary/aromatic N) is 1. The fourth-order valence-corrected chi connectivity index (χ4v) is 1.38. The van der Waals surface area contributed by atoms with E-state index in [9.17, 15) is 13.2 Å². The van der Waals surface area contributed by atoms with Crippen molar-refractivity contribution in [3.05, 3.63) is 41.7 Å². The number of alkyl halides is 3. The van der Waals surface area contributed by atoms with Crippen LogP contribution in [0.15, 0.2) is 30.5 Å². The van der Waals surface area contributed by atoms with E-state index in [0.717, 1.165) is 6.20 Å². The number of benzene rings is 1. The highest BCUT2D eigenvalue weighted by atomic mass is 19.4. The number of imidazole rings is 1. The van der Waals surface area contributed by atoms with E-state index >= 15 is 0 Å². The third-order valence-corrected chi connectivity index (χ3v) is 2.29. The fourth-order valence-electron chi connectivity index (χ4n) is 1.38. The van der Waals surface area contributed by atoms with Gasteiger partial charge in [-0.1, -0.05) is 52.0 Å². The SMILES string of the molecule is CC.CC.OCc1ccc(-c2ncc(C(F)(F)F)[nH]2)cc1. The number of aliphatic hydroxyl groups is 1. The van der Waals surface area contributed by atoms with E-state index in [4.69, 9.17) is 5.11 Å². The van der Waals surface area contributed by atoms with Crippen LogP contribution in [0.1, 0.15) is 39.0 Å². The Labute approximate surface area is 122 Å². The van der Waals surface area contributed by atoms with Crippen LogP contribution in [0, 0.1) is 0 Å². The summed E-state index contributed by atoms with van der Waals surface area (Å²) in [5, 5.41) is 8.84. The lowest BCUT2D eigenvalue weighted by Gasteiger charge is -2.02. The summed E-state index contributed by atoms with van der Waals surface area (Å²) < 4.78 is 37.0. The minimum absolute atomic E-state index is 0.105. The van der Waals surface area contributed by atoms with Gasteiger partial charge in [-0.2, -0.15) is 13.2 Å². The number of hydrogen-bond donors (Lipinski definition) is 2. The normalized spacial score (nSPS) is 10.1. The molecule has 3 nitrogen and oxygen atoms in total. The van der Waals surface area contributed by atoms with Crippen LogP contribution in [-0.4, -0.2) is 15.1 Å². The molecule has 118 valence electrons. The predicted molar refractivity (Wildman–Crippen MR) is 77.6 cm³/mol. The summed E-state index contributed by atoms with van der Waals surface area (Å²) in [5.41, 5.74) is 0.354. The number of nitrogens with one attached hydrogen (secondary N) is 1. The monoisotopic (exact) mass is 302 g/mol. The minimum Gasteiger partial charge on any atom is -0.392 e. The Bertz CT molecular complexity index is 504. The van der Waals surface area contributed by atoms with Crippen LogP contribution < -0.4 is 0 Å². The molecule has 0 aliphatic heterocycles. The maximum atomic E-state index is 12.3. The molecule has 0 aliphatic rings. The molecule has 2 aromatic rings. The number of H-pyrrole nitrogens is 1. The van der Waals surface area contributed by atoms with Crippen molar-refractivity contribution in [1.82, 2.24) is 9.97 Å². The number of aromatic nitrogens is 2. The van der Waals surface area contributed by atoms with E-state index in [1.54, 1.807) is 24.3 Å². The molecule has 0 saturated carbocycles. The first-order chi connectivity index (χ1) is 10.0. The van der Waals surface area contributed by atoms with Gasteiger partial charge in [-0.15, -0.1) is 0 Å². The molecule has 2 N–H and O–H groups in total. The lowest BCUT2D eigenvalue weighted by Crippen LogP contribution is -2.04. The van der Waals surface area contributed by atoms with Gasteiger partial charge in [-0.05, 0) is 5.56 Å². The van der Waals surface area contributed by atoms with Gasteiger partial charge >= 0.3 is 6.18 Å². The molecule has 2 rings (SSSR count). The zero-order valence-electron chi connectivity index (χ0n) is 12.6. The number of hydrogen-bond acceptors (Lipinski definition) is 2. The summed E-state index contributed by atoms with van der Waals surface area (Å²) in [7, 11) is 0. The zero-order valence-corrected chi connectivity index (χ0v) is 12.6. The van der Waals surface area contributed by atoms with Crippen LogP contribution >= 0.6 is 0 Å². The van der Waals surface area contributed by atoms with E-state index in [1.807, 2.05) is 27.7 Å². The van der Waals surface area contributed by atoms with Crippen molar-refractivity contribution in [1.29, 1.82) is 0 Å². The third kappa shape index (κ3) is 5.59. The largest absolute Gasteiger partial charge is 0.432 e. The molecule has 0 unspecified atom stereocenters. The first-order valence-electron chi connectivity index (χ1n) is 6.83. The Hall–Kier alpha value is -1.82. The highest BCUT2D eigenvalue weighted by Gasteiger charge is 2.33. The second-order valence-electron chi connectivity index (χ2n) is 3.50. The maximum Gasteiger partial charge on any atom is 0.432 e. The lowest BCUT2D eigenvalue weighted by molar-refractivity contribution is -0.140. The third-order valence-electron chi connectivity index (χ3n) is 2.29. The molecule has 0 fully saturated rings. The maximum absolute atomic E-state index is 12.3. The van der Waals surface area contributed by atoms with Crippen LogP contribution in [-0.2, 0) is 12.8 Å². The lowest BCUT2D eigenvalue weighted by atomic mass is 10.1. The van der Waals surface area contributed by atoms with E-state index in [-0.39, 0.29) is 12.4 Å². The summed E-state index contributed by atoms with van der Waals surface area (Å²) in [6, 6.07) is 6.46. The molecule has 0 radical (unpaired) electrons. The highest BCUT2D eigenvalue weighted by molar-refractivity contribution is 5.55. The molecule has 0 saturated heterocycles. The van der Waals surface area contributed by atoms with Crippen LogP contribution in [0.5, 0.6) is 0 Å². The molecule has 6 heteroatoms. The van der Waals surface area contributed by atoms with Gasteiger partial charge in [-0.3, -0.25) is 0 Å². The van der Waals surface area contributed by atoms with Gasteiger partial charge in [0.1, 0.15) is 11.5 Å². The molecule has 1 heterocycles. The summed E-state index contributed by atoms with van der Waals surface area (Å²) in [5.74, 6) is 0.154. The first kappa shape index (κ1) is 19.2. The van der Waals surface area contributed by atoms with Crippen molar-refractivity contribution >= 4 is 0 Å². The van der Waals surface area contributed by atoms with Gasteiger partial charge in [0, 0.05) is 5.56 Å². The predicted octanol–water partition coefficient (Wildman–Crippen LogP) is 4.64. The molecule has 1 aromatic carbocycles. The smallest absolute Gasteiger partial charge is 0.392 e. The zero-order chi connectivity index (χ0) is 16.5. The molecular weight excluding hydrogens is 281 g/mol. The Morgan fingerprint density at radius 3 is 1.95 bits per heavy atom. The van der Waals surface area contributed by atoms with Gasteiger partial charge in [-0.25, -0.2) is 4.98 Å². The Morgan fingerprint density at radius 1 is 1.05 bits per heavy atom. The van der Waals surface area contributed by atoms with E-state index < -0.39 is 11.9 Å². The quantitative estimate of drug-likeness (QED) is 0.849. The van der Waals surface area contributed by atoms with Gasteiger partial charge in [0.05, 0.1) is 12.8 Å². The van der Waals surface area contributed by atoms with Crippen LogP contribution in [0.2, 0.25) is 0 Å². The van der Waals surface area contributed by atoms with E-state index in [1.165, 1.54) is 0 Å². The standard InChI is InChI=1S/C11H9F3N2O.2C2H6/c12-11(13,14)9-5-15-10(16-9)8-3-1-7(6-17)2-4-8;2*1-2/h1-5,17H,6H2,(H,15,16);2*1-2H3. The molecule has 0 amide bonds. The average molecular weight is 302 g/mol. The molecular formula is C15H21F3N2O. The number of aliphatic hydroxyl groups excluding tert-OH is 1. The average Bonchev–Trinajstić information content (AvgIpc) is 3.01. The number of aromatic amines is 1. The van der Waals surface area contributed by atoms with E-state index in [2.05, 4.69) is 9.97 Å². The Balaban J connectivity index is 0.000000921. The van der Waals surface area contributed by atoms with Crippen molar-refractivity contribution in [2.24, 2.45) is 0 Å². The Kier molecular flexibility index (Phi) is 8.38. The molecule has 21 heavy (non-hydrogen) atoms. The van der Waals surface area contributed by atoms with Crippen molar-refractivity contribution in [3.8, 4) is 11.4 Å². The highest BCUT2D eigenvalue weighted by Crippen LogP contribution is 2.29. The second kappa shape index (κ2) is 9.18. The fraction of sp³-hybridized carbons (Fsp3) is 0.400. The van der Waals surface area contributed by atoms with Crippen LogP contribution in [0.25, 0.3) is 11.4 Å². The summed E-state index contributed by atoms with van der Waals surface area (Å²) >= 11 is 0. The number of halogens is 3. The van der Waals surface area contributed by atoms with Gasteiger partial charge in [0.2, 0.25) is 0 Å². The number of rotatable bonds is 2. The van der Waals surface area contributed by atoms with E-state index in [0.29, 0.717) is 11.1 Å². The van der Waals surface area contributed by atoms with Crippen molar-refractivity contribution < 1.29 is 18.3 Å². The summed E-state index contributed by atoms with van der Waals surface area (Å²) in [4.78, 5) is 5.88.